The van der Waals surface area contributed by atoms with Crippen LogP contribution in [0.2, 0.25) is 0 Å². The molecule has 0 radical (unpaired) electrons. The van der Waals surface area contributed by atoms with Crippen LogP contribution in [-0.4, -0.2) is 36.2 Å². The number of rotatable bonds is 3. The number of hydrogen-bond donors (Lipinski definition) is 4. The Labute approximate surface area is 171 Å². The average Bonchev–Trinajstić information content (AvgIpc) is 2.65. The van der Waals surface area contributed by atoms with Crippen LogP contribution in [0.1, 0.15) is 0 Å². The first-order valence-corrected chi connectivity index (χ1v) is 11.3. The molecule has 10 heteroatoms. The van der Waals surface area contributed by atoms with Gasteiger partial charge in [0.1, 0.15) is 11.5 Å². The molecule has 0 aromatic heterocycles. The van der Waals surface area contributed by atoms with Crippen molar-refractivity contribution >= 4 is 41.8 Å². The lowest BCUT2D eigenvalue weighted by Crippen LogP contribution is -1.98. The lowest BCUT2D eigenvalue weighted by Gasteiger charge is -2.10. The van der Waals surface area contributed by atoms with Crippen molar-refractivity contribution in [3.63, 3.8) is 0 Å². The molecule has 0 bridgehead atoms. The SMILES string of the molecule is O=S(=O)(O)c1cc(O)c2ccc(-c3ccc4c(O)cc(S(=O)(=O)O)cc4c3)cc2c1. The molecule has 0 saturated carbocycles. The van der Waals surface area contributed by atoms with Crippen molar-refractivity contribution in [1.29, 1.82) is 0 Å². The summed E-state index contributed by atoms with van der Waals surface area (Å²) in [5, 5.41) is 21.6. The van der Waals surface area contributed by atoms with E-state index in [2.05, 4.69) is 0 Å². The van der Waals surface area contributed by atoms with Crippen molar-refractivity contribution in [2.24, 2.45) is 0 Å². The third kappa shape index (κ3) is 3.57. The molecule has 0 fully saturated rings. The zero-order valence-corrected chi connectivity index (χ0v) is 16.6. The van der Waals surface area contributed by atoms with Gasteiger partial charge >= 0.3 is 0 Å². The van der Waals surface area contributed by atoms with Crippen LogP contribution >= 0.6 is 0 Å². The van der Waals surface area contributed by atoms with Crippen LogP contribution in [0.5, 0.6) is 11.5 Å². The molecule has 0 aliphatic heterocycles. The van der Waals surface area contributed by atoms with Gasteiger partial charge in [-0.3, -0.25) is 9.11 Å². The summed E-state index contributed by atoms with van der Waals surface area (Å²) in [6.07, 6.45) is 0. The summed E-state index contributed by atoms with van der Waals surface area (Å²) in [4.78, 5) is -0.906. The van der Waals surface area contributed by atoms with Crippen LogP contribution in [0.4, 0.5) is 0 Å². The first-order chi connectivity index (χ1) is 13.9. The van der Waals surface area contributed by atoms with Gasteiger partial charge in [0, 0.05) is 22.9 Å². The highest BCUT2D eigenvalue weighted by Gasteiger charge is 2.16. The van der Waals surface area contributed by atoms with Crippen molar-refractivity contribution in [1.82, 2.24) is 0 Å². The molecule has 0 atom stereocenters. The van der Waals surface area contributed by atoms with Crippen molar-refractivity contribution in [3.05, 3.63) is 60.7 Å². The standard InChI is InChI=1S/C20H14O8S2/c21-19-9-15(29(23,24)25)7-13-5-11(1-3-17(13)19)12-2-4-18-14(6-12)8-16(10-20(18)22)30(26,27)28/h1-10,21-22H,(H,23,24,25)(H,26,27,28). The summed E-state index contributed by atoms with van der Waals surface area (Å²) in [5.41, 5.74) is 1.21. The Morgan fingerprint density at radius 2 is 0.900 bits per heavy atom. The quantitative estimate of drug-likeness (QED) is 0.349. The number of aromatic hydroxyl groups is 2. The van der Waals surface area contributed by atoms with Crippen molar-refractivity contribution in [2.45, 2.75) is 9.79 Å². The Bertz CT molecular complexity index is 1440. The molecule has 4 rings (SSSR count). The minimum absolute atomic E-state index is 0.312. The van der Waals surface area contributed by atoms with Gasteiger partial charge < -0.3 is 10.2 Å². The summed E-state index contributed by atoms with van der Waals surface area (Å²) in [7, 11) is -9.03. The van der Waals surface area contributed by atoms with E-state index in [1.165, 1.54) is 12.1 Å². The molecule has 0 amide bonds. The van der Waals surface area contributed by atoms with E-state index in [0.29, 0.717) is 32.7 Å². The van der Waals surface area contributed by atoms with Crippen molar-refractivity contribution < 1.29 is 36.2 Å². The zero-order chi connectivity index (χ0) is 21.8. The minimum atomic E-state index is -4.51. The highest BCUT2D eigenvalue weighted by Crippen LogP contribution is 2.35. The molecule has 0 heterocycles. The second-order valence-corrected chi connectivity index (χ2v) is 9.55. The number of fused-ring (bicyclic) bond motifs is 2. The third-order valence-corrected chi connectivity index (χ3v) is 6.40. The molecule has 30 heavy (non-hydrogen) atoms. The van der Waals surface area contributed by atoms with Gasteiger partial charge in [0.25, 0.3) is 20.2 Å². The van der Waals surface area contributed by atoms with Crippen molar-refractivity contribution in [2.75, 3.05) is 0 Å². The Balaban J connectivity index is 1.93. The normalized spacial score (nSPS) is 12.5. The zero-order valence-electron chi connectivity index (χ0n) is 15.0. The lowest BCUT2D eigenvalue weighted by molar-refractivity contribution is 0.470. The fourth-order valence-corrected chi connectivity index (χ4v) is 4.38. The highest BCUT2D eigenvalue weighted by molar-refractivity contribution is 7.86. The molecule has 4 aromatic carbocycles. The molecular weight excluding hydrogens is 432 g/mol. The Hall–Kier alpha value is -3.18. The van der Waals surface area contributed by atoms with Crippen molar-refractivity contribution in [3.8, 4) is 22.6 Å². The summed E-state index contributed by atoms with van der Waals surface area (Å²) in [6.45, 7) is 0. The summed E-state index contributed by atoms with van der Waals surface area (Å²) in [5.74, 6) is -0.624. The Morgan fingerprint density at radius 3 is 1.23 bits per heavy atom. The molecule has 4 aromatic rings. The van der Waals surface area contributed by atoms with Gasteiger partial charge in [-0.05, 0) is 46.2 Å². The topological polar surface area (TPSA) is 149 Å². The predicted octanol–water partition coefficient (Wildman–Crippen LogP) is 3.56. The predicted molar refractivity (Wildman–Crippen MR) is 110 cm³/mol. The lowest BCUT2D eigenvalue weighted by atomic mass is 9.98. The maximum atomic E-state index is 11.4. The van der Waals surface area contributed by atoms with E-state index in [1.807, 2.05) is 0 Å². The third-order valence-electron chi connectivity index (χ3n) is 4.74. The van der Waals surface area contributed by atoms with Gasteiger partial charge in [0.05, 0.1) is 9.79 Å². The second kappa shape index (κ2) is 6.67. The van der Waals surface area contributed by atoms with E-state index in [9.17, 15) is 36.2 Å². The highest BCUT2D eigenvalue weighted by atomic mass is 32.2. The molecule has 4 N–H and O–H groups in total. The van der Waals surface area contributed by atoms with Gasteiger partial charge in [0.2, 0.25) is 0 Å². The van der Waals surface area contributed by atoms with Crippen LogP contribution in [0, 0.1) is 0 Å². The molecule has 154 valence electrons. The Kier molecular flexibility index (Phi) is 4.47. The van der Waals surface area contributed by atoms with Crippen LogP contribution in [-0.2, 0) is 20.2 Å². The molecule has 0 aliphatic rings. The summed E-state index contributed by atoms with van der Waals surface area (Å²) < 4.78 is 64.2. The van der Waals surface area contributed by atoms with Gasteiger partial charge in [0.15, 0.2) is 0 Å². The molecule has 8 nitrogen and oxygen atoms in total. The van der Waals surface area contributed by atoms with Gasteiger partial charge in [-0.1, -0.05) is 24.3 Å². The fraction of sp³-hybridized carbons (Fsp3) is 0. The maximum Gasteiger partial charge on any atom is 0.294 e. The molecule has 0 saturated heterocycles. The van der Waals surface area contributed by atoms with E-state index in [4.69, 9.17) is 0 Å². The molecular formula is C20H14O8S2. The van der Waals surface area contributed by atoms with Gasteiger partial charge in [-0.25, -0.2) is 0 Å². The molecule has 0 spiro atoms. The van der Waals surface area contributed by atoms with Crippen LogP contribution < -0.4 is 0 Å². The van der Waals surface area contributed by atoms with Gasteiger partial charge in [-0.15, -0.1) is 0 Å². The maximum absolute atomic E-state index is 11.4. The van der Waals surface area contributed by atoms with E-state index < -0.39 is 30.0 Å². The monoisotopic (exact) mass is 446 g/mol. The first-order valence-electron chi connectivity index (χ1n) is 8.42. The minimum Gasteiger partial charge on any atom is -0.507 e. The fourth-order valence-electron chi connectivity index (χ4n) is 3.30. The first kappa shape index (κ1) is 20.1. The van der Waals surface area contributed by atoms with Crippen LogP contribution in [0.3, 0.4) is 0 Å². The van der Waals surface area contributed by atoms with Gasteiger partial charge in [-0.2, -0.15) is 16.8 Å². The van der Waals surface area contributed by atoms with Crippen LogP contribution in [0.15, 0.2) is 70.5 Å². The van der Waals surface area contributed by atoms with E-state index >= 15 is 0 Å². The van der Waals surface area contributed by atoms with E-state index in [1.54, 1.807) is 36.4 Å². The van der Waals surface area contributed by atoms with Crippen LogP contribution in [0.25, 0.3) is 32.7 Å². The number of benzene rings is 4. The molecule has 0 unspecified atom stereocenters. The number of hydrogen-bond acceptors (Lipinski definition) is 6. The Morgan fingerprint density at radius 1 is 0.533 bits per heavy atom. The second-order valence-electron chi connectivity index (χ2n) is 6.71. The van der Waals surface area contributed by atoms with E-state index in [-0.39, 0.29) is 11.5 Å². The largest absolute Gasteiger partial charge is 0.507 e. The number of phenolic OH excluding ortho intramolecular Hbond substituents is 2. The summed E-state index contributed by atoms with van der Waals surface area (Å²) in [6, 6.07) is 14.0. The van der Waals surface area contributed by atoms with E-state index in [0.717, 1.165) is 12.1 Å². The summed E-state index contributed by atoms with van der Waals surface area (Å²) >= 11 is 0. The number of phenols is 2. The average molecular weight is 446 g/mol. The smallest absolute Gasteiger partial charge is 0.294 e. The molecule has 0 aliphatic carbocycles.